The largest absolute Gasteiger partial charge is 0.493 e. The van der Waals surface area contributed by atoms with Gasteiger partial charge in [0.15, 0.2) is 11.5 Å². The molecular formula is C23H36N2O3. The lowest BCUT2D eigenvalue weighted by molar-refractivity contribution is -0.129. The number of hydrogen-bond donors (Lipinski definition) is 0. The van der Waals surface area contributed by atoms with Gasteiger partial charge in [0.2, 0.25) is 5.91 Å². The molecule has 0 saturated carbocycles. The Balaban J connectivity index is 1.56. The van der Waals surface area contributed by atoms with Gasteiger partial charge in [-0.05, 0) is 67.8 Å². The molecule has 2 heterocycles. The molecule has 2 aliphatic heterocycles. The molecule has 0 N–H and O–H groups in total. The second kappa shape index (κ2) is 9.17. The minimum absolute atomic E-state index is 0.311. The molecular weight excluding hydrogens is 352 g/mol. The van der Waals surface area contributed by atoms with Crippen molar-refractivity contribution in [2.24, 2.45) is 11.3 Å². The Morgan fingerprint density at radius 1 is 1.07 bits per heavy atom. The van der Waals surface area contributed by atoms with Crippen LogP contribution >= 0.6 is 0 Å². The summed E-state index contributed by atoms with van der Waals surface area (Å²) in [5, 5.41) is 0. The van der Waals surface area contributed by atoms with E-state index in [1.165, 1.54) is 18.4 Å². The molecule has 0 unspecified atom stereocenters. The summed E-state index contributed by atoms with van der Waals surface area (Å²) in [5.41, 5.74) is 1.63. The van der Waals surface area contributed by atoms with Gasteiger partial charge < -0.3 is 14.4 Å². The predicted octanol–water partition coefficient (Wildman–Crippen LogP) is 3.95. The van der Waals surface area contributed by atoms with E-state index < -0.39 is 0 Å². The molecule has 1 aromatic rings. The normalized spacial score (nSPS) is 20.5. The van der Waals surface area contributed by atoms with Crippen LogP contribution in [-0.4, -0.2) is 56.1 Å². The van der Waals surface area contributed by atoms with E-state index in [0.29, 0.717) is 30.3 Å². The van der Waals surface area contributed by atoms with Crippen LogP contribution < -0.4 is 9.47 Å². The summed E-state index contributed by atoms with van der Waals surface area (Å²) < 4.78 is 11.4. The molecule has 2 fully saturated rings. The van der Waals surface area contributed by atoms with Crippen LogP contribution in [0.3, 0.4) is 0 Å². The van der Waals surface area contributed by atoms with Crippen LogP contribution in [0.4, 0.5) is 0 Å². The second-order valence-electron chi connectivity index (χ2n) is 9.03. The van der Waals surface area contributed by atoms with E-state index in [-0.39, 0.29) is 0 Å². The SMILES string of the molecule is COc1cc(CN2CCC3(CCC(=O)N(C)CC3)CC2)ccc1OCC(C)C. The van der Waals surface area contributed by atoms with E-state index in [0.717, 1.165) is 50.5 Å². The second-order valence-corrected chi connectivity index (χ2v) is 9.03. The fraction of sp³-hybridized carbons (Fsp3) is 0.696. The Bertz CT molecular complexity index is 666. The van der Waals surface area contributed by atoms with E-state index in [9.17, 15) is 4.79 Å². The van der Waals surface area contributed by atoms with Crippen molar-refractivity contribution in [3.63, 3.8) is 0 Å². The summed E-state index contributed by atoms with van der Waals surface area (Å²) in [4.78, 5) is 16.5. The number of piperidine rings is 1. The fourth-order valence-electron chi connectivity index (χ4n) is 4.35. The Labute approximate surface area is 170 Å². The molecule has 1 amide bonds. The van der Waals surface area contributed by atoms with Gasteiger partial charge in [-0.1, -0.05) is 19.9 Å². The molecule has 0 aromatic heterocycles. The van der Waals surface area contributed by atoms with Crippen molar-refractivity contribution in [3.05, 3.63) is 23.8 Å². The molecule has 0 radical (unpaired) electrons. The van der Waals surface area contributed by atoms with E-state index in [4.69, 9.17) is 9.47 Å². The summed E-state index contributed by atoms with van der Waals surface area (Å²) in [5.74, 6) is 2.44. The Morgan fingerprint density at radius 2 is 1.79 bits per heavy atom. The average molecular weight is 389 g/mol. The highest BCUT2D eigenvalue weighted by Gasteiger charge is 2.37. The lowest BCUT2D eigenvalue weighted by Gasteiger charge is -2.41. The van der Waals surface area contributed by atoms with Gasteiger partial charge in [-0.3, -0.25) is 9.69 Å². The maximum Gasteiger partial charge on any atom is 0.222 e. The summed E-state index contributed by atoms with van der Waals surface area (Å²) in [6.07, 6.45) is 5.31. The van der Waals surface area contributed by atoms with Gasteiger partial charge >= 0.3 is 0 Å². The number of benzene rings is 1. The summed E-state index contributed by atoms with van der Waals surface area (Å²) in [6.45, 7) is 9.04. The maximum atomic E-state index is 12.0. The molecule has 156 valence electrons. The topological polar surface area (TPSA) is 42.0 Å². The highest BCUT2D eigenvalue weighted by molar-refractivity contribution is 5.76. The molecule has 0 bridgehead atoms. The number of carbonyl (C=O) groups is 1. The molecule has 2 saturated heterocycles. The summed E-state index contributed by atoms with van der Waals surface area (Å²) in [7, 11) is 3.65. The third kappa shape index (κ3) is 5.19. The third-order valence-electron chi connectivity index (χ3n) is 6.40. The quantitative estimate of drug-likeness (QED) is 0.740. The molecule has 3 rings (SSSR count). The highest BCUT2D eigenvalue weighted by Crippen LogP contribution is 2.41. The van der Waals surface area contributed by atoms with Crippen LogP contribution in [0.2, 0.25) is 0 Å². The number of carbonyl (C=O) groups excluding carboxylic acids is 1. The number of methoxy groups -OCH3 is 1. The van der Waals surface area contributed by atoms with Gasteiger partial charge in [0.1, 0.15) is 0 Å². The van der Waals surface area contributed by atoms with Crippen molar-refractivity contribution in [1.82, 2.24) is 9.80 Å². The van der Waals surface area contributed by atoms with E-state index in [1.807, 2.05) is 18.0 Å². The van der Waals surface area contributed by atoms with Gasteiger partial charge in [0, 0.05) is 26.6 Å². The van der Waals surface area contributed by atoms with E-state index >= 15 is 0 Å². The minimum Gasteiger partial charge on any atom is -0.493 e. The van der Waals surface area contributed by atoms with Crippen LogP contribution in [-0.2, 0) is 11.3 Å². The molecule has 5 nitrogen and oxygen atoms in total. The van der Waals surface area contributed by atoms with E-state index in [1.54, 1.807) is 7.11 Å². The maximum absolute atomic E-state index is 12.0. The van der Waals surface area contributed by atoms with Gasteiger partial charge in [-0.15, -0.1) is 0 Å². The zero-order valence-electron chi connectivity index (χ0n) is 18.0. The fourth-order valence-corrected chi connectivity index (χ4v) is 4.35. The number of nitrogens with zero attached hydrogens (tertiary/aromatic N) is 2. The Hall–Kier alpha value is -1.75. The van der Waals surface area contributed by atoms with Crippen molar-refractivity contribution in [1.29, 1.82) is 0 Å². The first-order valence-electron chi connectivity index (χ1n) is 10.7. The van der Waals surface area contributed by atoms with Crippen LogP contribution in [0.25, 0.3) is 0 Å². The summed E-state index contributed by atoms with van der Waals surface area (Å²) >= 11 is 0. The van der Waals surface area contributed by atoms with Crippen molar-refractivity contribution >= 4 is 5.91 Å². The number of rotatable bonds is 6. The van der Waals surface area contributed by atoms with Crippen LogP contribution in [0.15, 0.2) is 18.2 Å². The van der Waals surface area contributed by atoms with Gasteiger partial charge in [-0.2, -0.15) is 0 Å². The number of likely N-dealkylation sites (tertiary alicyclic amines) is 2. The lowest BCUT2D eigenvalue weighted by atomic mass is 9.73. The number of hydrogen-bond acceptors (Lipinski definition) is 4. The van der Waals surface area contributed by atoms with Gasteiger partial charge in [0.05, 0.1) is 13.7 Å². The van der Waals surface area contributed by atoms with Crippen LogP contribution in [0.5, 0.6) is 11.5 Å². The van der Waals surface area contributed by atoms with E-state index in [2.05, 4.69) is 30.9 Å². The van der Waals surface area contributed by atoms with Crippen LogP contribution in [0, 0.1) is 11.3 Å². The smallest absolute Gasteiger partial charge is 0.222 e. The predicted molar refractivity (Wildman–Crippen MR) is 112 cm³/mol. The summed E-state index contributed by atoms with van der Waals surface area (Å²) in [6, 6.07) is 6.30. The van der Waals surface area contributed by atoms with Crippen LogP contribution in [0.1, 0.15) is 51.5 Å². The van der Waals surface area contributed by atoms with Gasteiger partial charge in [0.25, 0.3) is 0 Å². The minimum atomic E-state index is 0.311. The zero-order chi connectivity index (χ0) is 20.1. The first kappa shape index (κ1) is 21.0. The lowest BCUT2D eigenvalue weighted by Crippen LogP contribution is -2.40. The monoisotopic (exact) mass is 388 g/mol. The van der Waals surface area contributed by atoms with Crippen molar-refractivity contribution < 1.29 is 14.3 Å². The van der Waals surface area contributed by atoms with Crippen molar-refractivity contribution in [3.8, 4) is 11.5 Å². The molecule has 2 aliphatic rings. The molecule has 0 aliphatic carbocycles. The third-order valence-corrected chi connectivity index (χ3v) is 6.40. The first-order valence-corrected chi connectivity index (χ1v) is 10.7. The zero-order valence-corrected chi connectivity index (χ0v) is 18.0. The number of ether oxygens (including phenoxy) is 2. The Morgan fingerprint density at radius 3 is 2.46 bits per heavy atom. The standard InChI is InChI=1S/C23H36N2O3/c1-18(2)17-28-20-6-5-19(15-21(20)27-4)16-25-13-10-23(11-14-25)8-7-22(26)24(3)12-9-23/h5-6,15,18H,7-14,16-17H2,1-4H3. The average Bonchev–Trinajstić information content (AvgIpc) is 2.83. The number of amides is 1. The molecule has 1 spiro atoms. The molecule has 1 aromatic carbocycles. The molecule has 5 heteroatoms. The van der Waals surface area contributed by atoms with Gasteiger partial charge in [-0.25, -0.2) is 0 Å². The first-order chi connectivity index (χ1) is 13.4. The molecule has 0 atom stereocenters. The Kier molecular flexibility index (Phi) is 6.86. The van der Waals surface area contributed by atoms with Crippen molar-refractivity contribution in [2.45, 2.75) is 52.5 Å². The van der Waals surface area contributed by atoms with Crippen molar-refractivity contribution in [2.75, 3.05) is 40.4 Å². The highest BCUT2D eigenvalue weighted by atomic mass is 16.5. The molecule has 28 heavy (non-hydrogen) atoms.